The summed E-state index contributed by atoms with van der Waals surface area (Å²) < 4.78 is 10.3. The molecule has 0 aromatic heterocycles. The van der Waals surface area contributed by atoms with Gasteiger partial charge in [-0.25, -0.2) is 4.79 Å². The molecule has 24 heavy (non-hydrogen) atoms. The highest BCUT2D eigenvalue weighted by molar-refractivity contribution is 6.02. The number of aryl methyl sites for hydroxylation is 1. The number of carboxylic acid groups (broad SMARTS) is 1. The lowest BCUT2D eigenvalue weighted by Gasteiger charge is -2.14. The number of benzene rings is 2. The first-order chi connectivity index (χ1) is 11.4. The molecule has 0 aliphatic carbocycles. The van der Waals surface area contributed by atoms with E-state index in [0.717, 1.165) is 0 Å². The lowest BCUT2D eigenvalue weighted by atomic mass is 10.1. The molecule has 0 aliphatic heterocycles. The number of hydrogen-bond acceptors (Lipinski definition) is 5. The van der Waals surface area contributed by atoms with Crippen LogP contribution in [0.5, 0.6) is 11.5 Å². The Balaban J connectivity index is 2.20. The number of nitrogens with one attached hydrogen (secondary N) is 2. The Bertz CT molecular complexity index is 774. The molecule has 0 atom stereocenters. The molecule has 0 heterocycles. The quantitative estimate of drug-likeness (QED) is 0.874. The van der Waals surface area contributed by atoms with Gasteiger partial charge in [-0.05, 0) is 36.2 Å². The van der Waals surface area contributed by atoms with E-state index in [9.17, 15) is 14.7 Å². The fourth-order valence-corrected chi connectivity index (χ4v) is 2.07. The van der Waals surface area contributed by atoms with Crippen LogP contribution in [0.15, 0.2) is 36.4 Å². The topological polar surface area (TPSA) is 99.7 Å². The van der Waals surface area contributed by atoms with Gasteiger partial charge in [-0.3, -0.25) is 0 Å². The average molecular weight is 329 g/mol. The Labute approximate surface area is 139 Å². The van der Waals surface area contributed by atoms with Gasteiger partial charge in [0.1, 0.15) is 11.5 Å². The molecule has 2 amide bonds. The summed E-state index contributed by atoms with van der Waals surface area (Å²) >= 11 is 0. The number of ether oxygens (including phenoxy) is 2. The second-order valence-corrected chi connectivity index (χ2v) is 4.96. The van der Waals surface area contributed by atoms with Gasteiger partial charge >= 0.3 is 6.03 Å². The number of amides is 2. The lowest BCUT2D eigenvalue weighted by molar-refractivity contribution is -0.255. The van der Waals surface area contributed by atoms with Crippen LogP contribution in [0.4, 0.5) is 16.2 Å². The molecule has 2 aromatic rings. The van der Waals surface area contributed by atoms with Gasteiger partial charge < -0.3 is 30.0 Å². The van der Waals surface area contributed by atoms with Crippen LogP contribution in [-0.4, -0.2) is 26.2 Å². The Morgan fingerprint density at radius 3 is 2.29 bits per heavy atom. The van der Waals surface area contributed by atoms with Gasteiger partial charge in [0, 0.05) is 11.8 Å². The molecule has 0 spiro atoms. The van der Waals surface area contributed by atoms with E-state index in [1.165, 1.54) is 26.4 Å². The molecule has 0 saturated carbocycles. The maximum absolute atomic E-state index is 12.2. The minimum atomic E-state index is -1.31. The summed E-state index contributed by atoms with van der Waals surface area (Å²) in [5.74, 6) is -0.291. The van der Waals surface area contributed by atoms with Crippen molar-refractivity contribution in [1.29, 1.82) is 0 Å². The van der Waals surface area contributed by atoms with Crippen LogP contribution in [-0.2, 0) is 0 Å². The van der Waals surface area contributed by atoms with Crippen molar-refractivity contribution in [2.75, 3.05) is 24.9 Å². The van der Waals surface area contributed by atoms with Crippen LogP contribution in [0.1, 0.15) is 15.9 Å². The molecule has 7 heteroatoms. The van der Waals surface area contributed by atoms with E-state index >= 15 is 0 Å². The van der Waals surface area contributed by atoms with Crippen molar-refractivity contribution in [3.63, 3.8) is 0 Å². The van der Waals surface area contributed by atoms with Crippen molar-refractivity contribution >= 4 is 23.4 Å². The Hall–Kier alpha value is -3.22. The molecule has 7 nitrogen and oxygen atoms in total. The van der Waals surface area contributed by atoms with Crippen molar-refractivity contribution in [2.45, 2.75) is 6.92 Å². The number of anilines is 2. The summed E-state index contributed by atoms with van der Waals surface area (Å²) in [6.45, 7) is 1.75. The zero-order chi connectivity index (χ0) is 17.7. The summed E-state index contributed by atoms with van der Waals surface area (Å²) in [6, 6.07) is 8.79. The van der Waals surface area contributed by atoms with Gasteiger partial charge in [0.05, 0.1) is 25.9 Å². The summed E-state index contributed by atoms with van der Waals surface area (Å²) in [5.41, 5.74) is 1.49. The molecule has 2 rings (SSSR count). The van der Waals surface area contributed by atoms with Crippen LogP contribution >= 0.6 is 0 Å². The van der Waals surface area contributed by atoms with Crippen molar-refractivity contribution in [2.24, 2.45) is 0 Å². The molecule has 0 fully saturated rings. The molecule has 0 radical (unpaired) electrons. The third-order valence-electron chi connectivity index (χ3n) is 3.38. The normalized spacial score (nSPS) is 9.96. The molecular weight excluding hydrogens is 312 g/mol. The van der Waals surface area contributed by atoms with E-state index < -0.39 is 12.0 Å². The summed E-state index contributed by atoms with van der Waals surface area (Å²) in [4.78, 5) is 23.1. The van der Waals surface area contributed by atoms with Gasteiger partial charge in [-0.15, -0.1) is 0 Å². The van der Waals surface area contributed by atoms with Crippen molar-refractivity contribution in [3.8, 4) is 11.5 Å². The van der Waals surface area contributed by atoms with Crippen molar-refractivity contribution in [3.05, 3.63) is 47.5 Å². The van der Waals surface area contributed by atoms with Crippen molar-refractivity contribution in [1.82, 2.24) is 0 Å². The number of carbonyl (C=O) groups excluding carboxylic acids is 2. The lowest BCUT2D eigenvalue weighted by Crippen LogP contribution is -2.24. The first kappa shape index (κ1) is 17.1. The first-order valence-corrected chi connectivity index (χ1v) is 7.06. The zero-order valence-corrected chi connectivity index (χ0v) is 13.5. The predicted octanol–water partition coefficient (Wildman–Crippen LogP) is 2.02. The molecule has 0 unspecified atom stereocenters. The fraction of sp³-hybridized carbons (Fsp3) is 0.176. The number of urea groups is 1. The highest BCUT2D eigenvalue weighted by Gasteiger charge is 2.11. The zero-order valence-electron chi connectivity index (χ0n) is 13.5. The van der Waals surface area contributed by atoms with Gasteiger partial charge in [0.15, 0.2) is 0 Å². The highest BCUT2D eigenvalue weighted by atomic mass is 16.5. The van der Waals surface area contributed by atoms with Gasteiger partial charge in [-0.1, -0.05) is 12.1 Å². The molecule has 126 valence electrons. The van der Waals surface area contributed by atoms with E-state index in [1.807, 2.05) is 0 Å². The van der Waals surface area contributed by atoms with Gasteiger partial charge in [-0.2, -0.15) is 0 Å². The number of hydrogen-bond donors (Lipinski definition) is 2. The number of carbonyl (C=O) groups is 2. The molecular formula is C17H17N2O5-. The van der Waals surface area contributed by atoms with Gasteiger partial charge in [0.2, 0.25) is 0 Å². The molecule has 0 bridgehead atoms. The Morgan fingerprint density at radius 2 is 1.67 bits per heavy atom. The second kappa shape index (κ2) is 7.36. The van der Waals surface area contributed by atoms with E-state index in [2.05, 4.69) is 10.6 Å². The fourth-order valence-electron chi connectivity index (χ4n) is 2.07. The van der Waals surface area contributed by atoms with Crippen LogP contribution in [0.2, 0.25) is 0 Å². The smallest absolute Gasteiger partial charge is 0.323 e. The Kier molecular flexibility index (Phi) is 5.26. The third kappa shape index (κ3) is 3.95. The van der Waals surface area contributed by atoms with E-state index in [1.54, 1.807) is 31.2 Å². The summed E-state index contributed by atoms with van der Waals surface area (Å²) in [6.07, 6.45) is 0. The Morgan fingerprint density at radius 1 is 0.958 bits per heavy atom. The molecule has 0 aliphatic rings. The predicted molar refractivity (Wildman–Crippen MR) is 87.7 cm³/mol. The molecule has 2 aromatic carbocycles. The summed E-state index contributed by atoms with van der Waals surface area (Å²) in [7, 11) is 3.00. The minimum Gasteiger partial charge on any atom is -0.545 e. The summed E-state index contributed by atoms with van der Waals surface area (Å²) in [5, 5.41) is 16.2. The maximum atomic E-state index is 12.2. The second-order valence-electron chi connectivity index (χ2n) is 4.96. The van der Waals surface area contributed by atoms with Crippen LogP contribution in [0, 0.1) is 6.92 Å². The maximum Gasteiger partial charge on any atom is 0.323 e. The third-order valence-corrected chi connectivity index (χ3v) is 3.38. The average Bonchev–Trinajstić information content (AvgIpc) is 2.56. The highest BCUT2D eigenvalue weighted by Crippen LogP contribution is 2.29. The SMILES string of the molecule is COc1ccc(OC)c(NC(=O)Nc2cc(C(=O)[O-])ccc2C)c1. The van der Waals surface area contributed by atoms with Crippen LogP contribution < -0.4 is 25.2 Å². The standard InChI is InChI=1S/C17H18N2O5/c1-10-4-5-11(16(20)21)8-13(10)18-17(22)19-14-9-12(23-2)6-7-15(14)24-3/h4-9H,1-3H3,(H,20,21)(H2,18,19,22)/p-1. The minimum absolute atomic E-state index is 0.0186. The number of methoxy groups -OCH3 is 2. The van der Waals surface area contributed by atoms with Crippen LogP contribution in [0.25, 0.3) is 0 Å². The van der Waals surface area contributed by atoms with E-state index in [4.69, 9.17) is 9.47 Å². The molecule has 2 N–H and O–H groups in total. The van der Waals surface area contributed by atoms with E-state index in [0.29, 0.717) is 28.4 Å². The number of rotatable bonds is 5. The van der Waals surface area contributed by atoms with Crippen LogP contribution in [0.3, 0.4) is 0 Å². The monoisotopic (exact) mass is 329 g/mol. The van der Waals surface area contributed by atoms with Crippen molar-refractivity contribution < 1.29 is 24.2 Å². The largest absolute Gasteiger partial charge is 0.545 e. The number of carboxylic acids is 1. The number of aromatic carboxylic acids is 1. The first-order valence-electron chi connectivity index (χ1n) is 7.06. The molecule has 0 saturated heterocycles. The van der Waals surface area contributed by atoms with E-state index in [-0.39, 0.29) is 5.56 Å². The van der Waals surface area contributed by atoms with Gasteiger partial charge in [0.25, 0.3) is 0 Å².